The van der Waals surface area contributed by atoms with E-state index in [-0.39, 0.29) is 0 Å². The topological polar surface area (TPSA) is 0 Å². The molecule has 0 saturated carbocycles. The molecule has 71 heavy (non-hydrogen) atoms. The maximum Gasteiger partial charge on any atom is 0.460 e. The van der Waals surface area contributed by atoms with Crippen molar-refractivity contribution in [3.63, 3.8) is 0 Å². The summed E-state index contributed by atoms with van der Waals surface area (Å²) in [5, 5.41) is 0. The van der Waals surface area contributed by atoms with Crippen molar-refractivity contribution in [2.24, 2.45) is 0 Å². The monoisotopic (exact) mass is 1300 g/mol. The summed E-state index contributed by atoms with van der Waals surface area (Å²) in [5.74, 6) is -215. The van der Waals surface area contributed by atoms with Crippen LogP contribution >= 0.6 is 22.6 Å². The molecule has 0 aliphatic carbocycles. The van der Waals surface area contributed by atoms with Crippen molar-refractivity contribution < 1.29 is 206 Å². The zero-order valence-electron chi connectivity index (χ0n) is 29.6. The van der Waals surface area contributed by atoms with Gasteiger partial charge >= 0.3 is 134 Å². The molecule has 0 bridgehead atoms. The predicted molar refractivity (Wildman–Crippen MR) is 129 cm³/mol. The van der Waals surface area contributed by atoms with Gasteiger partial charge in [-0.25, -0.2) is 0 Å². The first-order valence-electron chi connectivity index (χ1n) is 14.6. The van der Waals surface area contributed by atoms with Crippen LogP contribution in [0.25, 0.3) is 0 Å². The van der Waals surface area contributed by atoms with Crippen molar-refractivity contribution in [2.75, 3.05) is 0 Å². The molecular weight excluding hydrogens is 1300 g/mol. The number of hydrogen-bond acceptors (Lipinski definition) is 0. The van der Waals surface area contributed by atoms with Gasteiger partial charge in [0.25, 0.3) is 0 Å². The lowest BCUT2D eigenvalue weighted by molar-refractivity contribution is -0.497. The van der Waals surface area contributed by atoms with Crippen LogP contribution in [0.3, 0.4) is 0 Å². The minimum Gasteiger partial charge on any atom is -0.192 e. The van der Waals surface area contributed by atoms with Crippen molar-refractivity contribution in [2.45, 2.75) is 134 Å². The SMILES string of the molecule is FC(F)(F)C(F)(F)C(F)(F)C(F)(F)C(F)(F)C(F)(F)C(F)(F)C(F)(F)C(F)(F)C(F)(F)C(F)(F)C(F)(F)C(F)(F)C(F)(F)C(F)(F)C(F)(F)C(F)(F)C(F)(F)C(F)(F)C(F)(F)C(F)(F)C(F)(F)C(F)(F)I. The van der Waals surface area contributed by atoms with E-state index >= 15 is 0 Å². The third-order valence-corrected chi connectivity index (χ3v) is 9.28. The Hall–Kier alpha value is -2.56. The van der Waals surface area contributed by atoms with Gasteiger partial charge in [-0.15, -0.1) is 0 Å². The van der Waals surface area contributed by atoms with Crippen molar-refractivity contribution >= 4 is 22.6 Å². The standard InChI is InChI=1S/C23F47I/c24-1(25,2(26,27)4(30,31)6(34,35)8(38,39)10(42,43)12(46,47)14(50,51)16(54,55)18(58,59)20(62,63)22(66,67)68)3(28,29)5(32,33)7(36,37)9(40,41)11(44,45)13(48,49)15(52,53)17(56,57)19(60,61)21(64,65)23(69,70)71. The molecule has 428 valence electrons. The third-order valence-electron chi connectivity index (χ3n) is 8.60. The van der Waals surface area contributed by atoms with Crippen molar-refractivity contribution in [3.8, 4) is 0 Å². The van der Waals surface area contributed by atoms with Crippen LogP contribution in [0.4, 0.5) is 206 Å². The molecule has 0 aliphatic rings. The number of hydrogen-bond donors (Lipinski definition) is 0. The van der Waals surface area contributed by atoms with E-state index in [1.54, 1.807) is 0 Å². The minimum absolute atomic E-state index is 1.55. The van der Waals surface area contributed by atoms with Crippen LogP contribution in [0.2, 0.25) is 0 Å². The van der Waals surface area contributed by atoms with Crippen molar-refractivity contribution in [1.29, 1.82) is 0 Å². The molecule has 0 fully saturated rings. The highest BCUT2D eigenvalue weighted by Gasteiger charge is 3.04. The Balaban J connectivity index is 8.13. The summed E-state index contributed by atoms with van der Waals surface area (Å²) in [4.78, 5) is 0. The van der Waals surface area contributed by atoms with Gasteiger partial charge in [0.2, 0.25) is 0 Å². The first-order chi connectivity index (χ1) is 29.5. The fraction of sp³-hybridized carbons (Fsp3) is 1.00. The minimum atomic E-state index is -10.8. The molecule has 0 unspecified atom stereocenters. The number of halogens is 48. The van der Waals surface area contributed by atoms with Gasteiger partial charge in [-0.2, -0.15) is 206 Å². The second kappa shape index (κ2) is 16.2. The van der Waals surface area contributed by atoms with Gasteiger partial charge in [-0.1, -0.05) is 0 Å². The lowest BCUT2D eigenvalue weighted by Crippen LogP contribution is -2.81. The summed E-state index contributed by atoms with van der Waals surface area (Å²) in [7, 11) is 0. The average molecular weight is 1300 g/mol. The van der Waals surface area contributed by atoms with Gasteiger partial charge in [0.05, 0.1) is 0 Å². The molecule has 0 aromatic heterocycles. The molecule has 0 aromatic rings. The van der Waals surface area contributed by atoms with Gasteiger partial charge in [0.1, 0.15) is 0 Å². The highest BCUT2D eigenvalue weighted by atomic mass is 127. The molecule has 0 heterocycles. The molecule has 48 heteroatoms. The molecule has 0 atom stereocenters. The van der Waals surface area contributed by atoms with Crippen molar-refractivity contribution in [1.82, 2.24) is 0 Å². The summed E-state index contributed by atoms with van der Waals surface area (Å²) in [6.07, 6.45) is -8.59. The van der Waals surface area contributed by atoms with Crippen molar-refractivity contribution in [3.05, 3.63) is 0 Å². The summed E-state index contributed by atoms with van der Waals surface area (Å²) >= 11 is -1.55. The highest BCUT2D eigenvalue weighted by Crippen LogP contribution is 2.72. The Morgan fingerprint density at radius 3 is 0.254 bits per heavy atom. The highest BCUT2D eigenvalue weighted by molar-refractivity contribution is 14.1. The summed E-state index contributed by atoms with van der Waals surface area (Å²) in [5.41, 5.74) is 0. The summed E-state index contributed by atoms with van der Waals surface area (Å²) in [6.45, 7) is 0. The Morgan fingerprint density at radius 2 is 0.183 bits per heavy atom. The normalized spacial score (nSPS) is 17.6. The number of alkyl halides is 48. The molecule has 0 radical (unpaired) electrons. The van der Waals surface area contributed by atoms with Gasteiger partial charge in [-0.3, -0.25) is 0 Å². The first kappa shape index (κ1) is 68.4. The smallest absolute Gasteiger partial charge is 0.192 e. The molecule has 0 amide bonds. The van der Waals surface area contributed by atoms with Crippen LogP contribution in [0.15, 0.2) is 0 Å². The fourth-order valence-electron chi connectivity index (χ4n) is 4.10. The number of rotatable bonds is 21. The zero-order chi connectivity index (χ0) is 59.5. The Labute approximate surface area is 364 Å². The molecule has 0 saturated heterocycles. The quantitative estimate of drug-likeness (QED) is 0.0610. The summed E-state index contributed by atoms with van der Waals surface area (Å²) < 4.78 is 632. The molecule has 0 spiro atoms. The lowest BCUT2D eigenvalue weighted by atomic mass is 9.81. The largest absolute Gasteiger partial charge is 0.460 e. The van der Waals surface area contributed by atoms with E-state index in [2.05, 4.69) is 0 Å². The fourth-order valence-corrected chi connectivity index (χ4v) is 4.44. The Morgan fingerprint density at radius 1 is 0.113 bits per heavy atom. The van der Waals surface area contributed by atoms with Crippen LogP contribution in [0.5, 0.6) is 0 Å². The average Bonchev–Trinajstić information content (AvgIpc) is 3.11. The molecule has 0 rings (SSSR count). The van der Waals surface area contributed by atoms with Crippen LogP contribution in [-0.2, 0) is 0 Å². The second-order valence-corrected chi connectivity index (χ2v) is 14.4. The van der Waals surface area contributed by atoms with Crippen LogP contribution in [0.1, 0.15) is 0 Å². The Kier molecular flexibility index (Phi) is 15.6. The van der Waals surface area contributed by atoms with E-state index in [1.807, 2.05) is 0 Å². The van der Waals surface area contributed by atoms with E-state index in [9.17, 15) is 206 Å². The van der Waals surface area contributed by atoms with Gasteiger partial charge in [-0.05, 0) is 0 Å². The maximum atomic E-state index is 14.0. The van der Waals surface area contributed by atoms with E-state index < -0.39 is 157 Å². The first-order valence-corrected chi connectivity index (χ1v) is 15.6. The molecular formula is C23F47I. The molecule has 0 nitrogen and oxygen atoms in total. The lowest BCUT2D eigenvalue weighted by Gasteiger charge is -2.47. The zero-order valence-corrected chi connectivity index (χ0v) is 31.8. The van der Waals surface area contributed by atoms with Crippen LogP contribution < -0.4 is 0 Å². The molecule has 0 aliphatic heterocycles. The van der Waals surface area contributed by atoms with E-state index in [1.165, 1.54) is 0 Å². The third kappa shape index (κ3) is 7.56. The summed E-state index contributed by atoms with van der Waals surface area (Å²) in [6, 6.07) is 0. The van der Waals surface area contributed by atoms with E-state index in [0.717, 1.165) is 0 Å². The molecule has 0 N–H and O–H groups in total. The maximum absolute atomic E-state index is 14.0. The van der Waals surface area contributed by atoms with Gasteiger partial charge in [0.15, 0.2) is 0 Å². The van der Waals surface area contributed by atoms with Gasteiger partial charge < -0.3 is 0 Å². The van der Waals surface area contributed by atoms with Crippen LogP contribution in [-0.4, -0.2) is 134 Å². The van der Waals surface area contributed by atoms with Gasteiger partial charge in [0, 0.05) is 22.6 Å². The van der Waals surface area contributed by atoms with E-state index in [4.69, 9.17) is 0 Å². The predicted octanol–water partition coefficient (Wildman–Crippen LogP) is 15.9. The molecule has 0 aromatic carbocycles. The van der Waals surface area contributed by atoms with E-state index in [0.29, 0.717) is 0 Å². The second-order valence-electron chi connectivity index (χ2n) is 13.1. The Bertz CT molecular complexity index is 1790. The van der Waals surface area contributed by atoms with Crippen LogP contribution in [0, 0.1) is 0 Å².